The quantitative estimate of drug-likeness (QED) is 0.620. The molecule has 0 aliphatic rings. The Labute approximate surface area is 98.0 Å². The number of nitrogens with zero attached hydrogens (tertiary/aromatic N) is 1. The number of nitro groups is 1. The molecule has 0 heterocycles. The van der Waals surface area contributed by atoms with Gasteiger partial charge in [-0.2, -0.15) is 0 Å². The maximum absolute atomic E-state index is 10.6. The number of aliphatic hydroxyl groups is 1. The Hall–Kier alpha value is -1.17. The lowest BCUT2D eigenvalue weighted by Gasteiger charge is -2.26. The van der Waals surface area contributed by atoms with E-state index in [1.165, 1.54) is 18.2 Å². The summed E-state index contributed by atoms with van der Waals surface area (Å²) in [5, 5.41) is 20.3. The maximum atomic E-state index is 10.6. The third-order valence-electron chi connectivity index (χ3n) is 2.61. The van der Waals surface area contributed by atoms with E-state index in [-0.39, 0.29) is 18.8 Å². The molecular formula is C10H13ClN2O3. The molecule has 1 aromatic carbocycles. The first-order valence-electron chi connectivity index (χ1n) is 4.70. The molecule has 0 spiro atoms. The second-order valence-electron chi connectivity index (χ2n) is 3.84. The van der Waals surface area contributed by atoms with Gasteiger partial charge in [0.05, 0.1) is 11.5 Å². The van der Waals surface area contributed by atoms with Crippen LogP contribution in [0.3, 0.4) is 0 Å². The highest BCUT2D eigenvalue weighted by molar-refractivity contribution is 6.31. The molecule has 1 rings (SSSR count). The summed E-state index contributed by atoms with van der Waals surface area (Å²) in [7, 11) is 0. The van der Waals surface area contributed by atoms with Crippen LogP contribution in [0.25, 0.3) is 0 Å². The molecule has 5 nitrogen and oxygen atoms in total. The summed E-state index contributed by atoms with van der Waals surface area (Å²) in [6.07, 6.45) is 0. The minimum Gasteiger partial charge on any atom is -0.395 e. The molecule has 0 amide bonds. The first kappa shape index (κ1) is 12.9. The van der Waals surface area contributed by atoms with Crippen molar-refractivity contribution in [3.63, 3.8) is 0 Å². The number of non-ortho nitro benzene ring substituents is 1. The fourth-order valence-corrected chi connectivity index (χ4v) is 1.69. The first-order chi connectivity index (χ1) is 7.44. The Bertz CT molecular complexity index is 405. The lowest BCUT2D eigenvalue weighted by atomic mass is 9.83. The van der Waals surface area contributed by atoms with E-state index in [4.69, 9.17) is 17.3 Å². The normalized spacial score (nSPS) is 14.5. The van der Waals surface area contributed by atoms with E-state index in [1.807, 2.05) is 0 Å². The SMILES string of the molecule is CC(CN)(CO)c1cc([N+](=O)[O-])ccc1Cl. The molecule has 0 fully saturated rings. The first-order valence-corrected chi connectivity index (χ1v) is 5.08. The van der Waals surface area contributed by atoms with Crippen LogP contribution in [-0.4, -0.2) is 23.2 Å². The molecular weight excluding hydrogens is 232 g/mol. The summed E-state index contributed by atoms with van der Waals surface area (Å²) < 4.78 is 0. The number of nitro benzene ring substituents is 1. The Morgan fingerprint density at radius 2 is 2.25 bits per heavy atom. The Kier molecular flexibility index (Phi) is 3.85. The van der Waals surface area contributed by atoms with Crippen LogP contribution < -0.4 is 5.73 Å². The average molecular weight is 245 g/mol. The fraction of sp³-hybridized carbons (Fsp3) is 0.400. The van der Waals surface area contributed by atoms with Crippen LogP contribution in [0.1, 0.15) is 12.5 Å². The van der Waals surface area contributed by atoms with Gasteiger partial charge >= 0.3 is 0 Å². The summed E-state index contributed by atoms with van der Waals surface area (Å²) in [6.45, 7) is 1.65. The number of rotatable bonds is 4. The van der Waals surface area contributed by atoms with Crippen LogP contribution in [0.15, 0.2) is 18.2 Å². The Morgan fingerprint density at radius 1 is 1.62 bits per heavy atom. The molecule has 0 aliphatic carbocycles. The molecule has 88 valence electrons. The van der Waals surface area contributed by atoms with Gasteiger partial charge in [-0.3, -0.25) is 10.1 Å². The maximum Gasteiger partial charge on any atom is 0.269 e. The van der Waals surface area contributed by atoms with Gasteiger partial charge in [-0.25, -0.2) is 0 Å². The fourth-order valence-electron chi connectivity index (χ4n) is 1.35. The van der Waals surface area contributed by atoms with Gasteiger partial charge in [0.2, 0.25) is 0 Å². The molecule has 0 aliphatic heterocycles. The van der Waals surface area contributed by atoms with Crippen LogP contribution in [0, 0.1) is 10.1 Å². The van der Waals surface area contributed by atoms with E-state index in [0.29, 0.717) is 10.6 Å². The van der Waals surface area contributed by atoms with Crippen molar-refractivity contribution in [3.8, 4) is 0 Å². The molecule has 1 aromatic rings. The minimum atomic E-state index is -0.761. The van der Waals surface area contributed by atoms with Crippen LogP contribution in [0.4, 0.5) is 5.69 Å². The van der Waals surface area contributed by atoms with Crippen molar-refractivity contribution in [1.29, 1.82) is 0 Å². The molecule has 3 N–H and O–H groups in total. The van der Waals surface area contributed by atoms with Gasteiger partial charge in [0, 0.05) is 29.1 Å². The van der Waals surface area contributed by atoms with Crippen LogP contribution in [-0.2, 0) is 5.41 Å². The monoisotopic (exact) mass is 244 g/mol. The number of aliphatic hydroxyl groups excluding tert-OH is 1. The van der Waals surface area contributed by atoms with E-state index < -0.39 is 10.3 Å². The number of hydrogen-bond donors (Lipinski definition) is 2. The van der Waals surface area contributed by atoms with E-state index >= 15 is 0 Å². The predicted octanol–water partition coefficient (Wildman–Crippen LogP) is 1.46. The Morgan fingerprint density at radius 3 is 2.69 bits per heavy atom. The molecule has 0 bridgehead atoms. The lowest BCUT2D eigenvalue weighted by molar-refractivity contribution is -0.385. The van der Waals surface area contributed by atoms with Crippen molar-refractivity contribution in [2.45, 2.75) is 12.3 Å². The molecule has 0 saturated carbocycles. The largest absolute Gasteiger partial charge is 0.395 e. The van der Waals surface area contributed by atoms with Gasteiger partial charge in [-0.1, -0.05) is 18.5 Å². The lowest BCUT2D eigenvalue weighted by Crippen LogP contribution is -2.35. The molecule has 16 heavy (non-hydrogen) atoms. The topological polar surface area (TPSA) is 89.4 Å². The number of benzene rings is 1. The highest BCUT2D eigenvalue weighted by Crippen LogP contribution is 2.32. The zero-order valence-electron chi connectivity index (χ0n) is 8.81. The van der Waals surface area contributed by atoms with Crippen LogP contribution in [0.2, 0.25) is 5.02 Å². The second-order valence-corrected chi connectivity index (χ2v) is 4.25. The molecule has 0 aromatic heterocycles. The minimum absolute atomic E-state index is 0.0625. The van der Waals surface area contributed by atoms with Crippen molar-refractivity contribution < 1.29 is 10.0 Å². The third-order valence-corrected chi connectivity index (χ3v) is 2.94. The van der Waals surface area contributed by atoms with Crippen LogP contribution in [0.5, 0.6) is 0 Å². The van der Waals surface area contributed by atoms with E-state index in [0.717, 1.165) is 0 Å². The van der Waals surface area contributed by atoms with Crippen molar-refractivity contribution in [2.24, 2.45) is 5.73 Å². The highest BCUT2D eigenvalue weighted by atomic mass is 35.5. The van der Waals surface area contributed by atoms with Crippen LogP contribution >= 0.6 is 11.6 Å². The molecule has 1 unspecified atom stereocenters. The van der Waals surface area contributed by atoms with Gasteiger partial charge in [0.1, 0.15) is 0 Å². The van der Waals surface area contributed by atoms with E-state index in [9.17, 15) is 15.2 Å². The van der Waals surface area contributed by atoms with Gasteiger partial charge in [0.25, 0.3) is 5.69 Å². The summed E-state index contributed by atoms with van der Waals surface area (Å²) >= 11 is 5.95. The second kappa shape index (κ2) is 4.78. The standard InChI is InChI=1S/C10H13ClN2O3/c1-10(5-12,6-14)8-4-7(13(15)16)2-3-9(8)11/h2-4,14H,5-6,12H2,1H3. The van der Waals surface area contributed by atoms with E-state index in [2.05, 4.69) is 0 Å². The molecule has 0 radical (unpaired) electrons. The van der Waals surface area contributed by atoms with Crippen molar-refractivity contribution in [2.75, 3.05) is 13.2 Å². The van der Waals surface area contributed by atoms with Gasteiger partial charge in [0.15, 0.2) is 0 Å². The summed E-state index contributed by atoms with van der Waals surface area (Å²) in [6, 6.07) is 4.12. The van der Waals surface area contributed by atoms with Crippen molar-refractivity contribution in [1.82, 2.24) is 0 Å². The van der Waals surface area contributed by atoms with E-state index in [1.54, 1.807) is 6.92 Å². The molecule has 6 heteroatoms. The van der Waals surface area contributed by atoms with Gasteiger partial charge < -0.3 is 10.8 Å². The summed E-state index contributed by atoms with van der Waals surface area (Å²) in [5.74, 6) is 0. The smallest absolute Gasteiger partial charge is 0.269 e. The zero-order valence-corrected chi connectivity index (χ0v) is 9.57. The van der Waals surface area contributed by atoms with Crippen molar-refractivity contribution >= 4 is 17.3 Å². The highest BCUT2D eigenvalue weighted by Gasteiger charge is 2.28. The van der Waals surface area contributed by atoms with Gasteiger partial charge in [-0.15, -0.1) is 0 Å². The number of hydrogen-bond acceptors (Lipinski definition) is 4. The Balaban J connectivity index is 3.31. The summed E-state index contributed by atoms with van der Waals surface area (Å²) in [4.78, 5) is 10.1. The zero-order chi connectivity index (χ0) is 12.3. The number of nitrogens with two attached hydrogens (primary N) is 1. The third kappa shape index (κ3) is 2.32. The summed E-state index contributed by atoms with van der Waals surface area (Å²) in [5.41, 5.74) is 5.23. The number of halogens is 1. The molecule has 0 saturated heterocycles. The molecule has 1 atom stereocenters. The predicted molar refractivity (Wildman–Crippen MR) is 61.6 cm³/mol. The average Bonchev–Trinajstić information content (AvgIpc) is 2.28. The van der Waals surface area contributed by atoms with Crippen molar-refractivity contribution in [3.05, 3.63) is 38.9 Å². The van der Waals surface area contributed by atoms with Gasteiger partial charge in [-0.05, 0) is 11.6 Å².